The zero-order valence-corrected chi connectivity index (χ0v) is 31.1. The smallest absolute Gasteiger partial charge is 0.221 e. The molecule has 2 aromatic rings. The van der Waals surface area contributed by atoms with Crippen LogP contribution in [0.2, 0.25) is 0 Å². The molecule has 0 bridgehead atoms. The Morgan fingerprint density at radius 2 is 0.870 bits per heavy atom. The van der Waals surface area contributed by atoms with Crippen LogP contribution in [0, 0.1) is 17.8 Å². The molecule has 46 heavy (non-hydrogen) atoms. The minimum Gasteiger partial charge on any atom is -0.507 e. The van der Waals surface area contributed by atoms with Crippen molar-refractivity contribution in [2.45, 2.75) is 150 Å². The SMILES string of the molecule is CCCCCC(C(Cc1cc(C(C)(C)C)c(O)c(C(C)(C)C)c1)C(N)=O)C(Cc1cc(C(C)(C)C)c(O)c(C(C)(C)C)c1)C(N)=O. The molecule has 0 heterocycles. The monoisotopic (exact) mass is 636 g/mol. The maximum atomic E-state index is 13.4. The van der Waals surface area contributed by atoms with Crippen molar-refractivity contribution in [2.24, 2.45) is 29.2 Å². The summed E-state index contributed by atoms with van der Waals surface area (Å²) in [5, 5.41) is 22.6. The Kier molecular flexibility index (Phi) is 12.3. The molecule has 0 aromatic heterocycles. The lowest BCUT2D eigenvalue weighted by Crippen LogP contribution is -2.41. The first kappa shape index (κ1) is 39.2. The first-order valence-corrected chi connectivity index (χ1v) is 17.1. The predicted molar refractivity (Wildman–Crippen MR) is 191 cm³/mol. The van der Waals surface area contributed by atoms with E-state index < -0.39 is 23.7 Å². The molecule has 2 aromatic carbocycles. The molecule has 2 rings (SSSR count). The highest BCUT2D eigenvalue weighted by molar-refractivity contribution is 5.81. The molecule has 258 valence electrons. The van der Waals surface area contributed by atoms with Gasteiger partial charge < -0.3 is 21.7 Å². The van der Waals surface area contributed by atoms with Gasteiger partial charge in [0.05, 0.1) is 0 Å². The van der Waals surface area contributed by atoms with Crippen molar-refractivity contribution < 1.29 is 19.8 Å². The second-order valence-corrected chi connectivity index (χ2v) is 17.7. The lowest BCUT2D eigenvalue weighted by molar-refractivity contribution is -0.128. The largest absolute Gasteiger partial charge is 0.507 e. The van der Waals surface area contributed by atoms with Crippen LogP contribution in [0.25, 0.3) is 0 Å². The fourth-order valence-corrected chi connectivity index (χ4v) is 6.66. The van der Waals surface area contributed by atoms with Gasteiger partial charge in [0.2, 0.25) is 11.8 Å². The molecule has 0 aliphatic carbocycles. The number of unbranched alkanes of at least 4 members (excludes halogenated alkanes) is 2. The third-order valence-electron chi connectivity index (χ3n) is 9.39. The molecule has 0 aliphatic rings. The van der Waals surface area contributed by atoms with Crippen LogP contribution in [0.15, 0.2) is 24.3 Å². The molecular formula is C40H64N2O4. The quantitative estimate of drug-likeness (QED) is 0.174. The van der Waals surface area contributed by atoms with E-state index in [0.29, 0.717) is 19.3 Å². The van der Waals surface area contributed by atoms with Crippen molar-refractivity contribution in [3.63, 3.8) is 0 Å². The summed E-state index contributed by atoms with van der Waals surface area (Å²) in [4.78, 5) is 26.8. The summed E-state index contributed by atoms with van der Waals surface area (Å²) in [6, 6.07) is 7.98. The Morgan fingerprint density at radius 1 is 0.587 bits per heavy atom. The van der Waals surface area contributed by atoms with Gasteiger partial charge >= 0.3 is 0 Å². The van der Waals surface area contributed by atoms with Gasteiger partial charge in [0.25, 0.3) is 0 Å². The molecule has 0 aliphatic heterocycles. The summed E-state index contributed by atoms with van der Waals surface area (Å²) in [5.74, 6) is -1.99. The van der Waals surface area contributed by atoms with Gasteiger partial charge in [-0.3, -0.25) is 9.59 Å². The van der Waals surface area contributed by atoms with Gasteiger partial charge in [-0.2, -0.15) is 0 Å². The summed E-state index contributed by atoms with van der Waals surface area (Å²) in [5.41, 5.74) is 16.2. The Balaban J connectivity index is 2.77. The second-order valence-electron chi connectivity index (χ2n) is 17.7. The van der Waals surface area contributed by atoms with Crippen LogP contribution in [0.5, 0.6) is 11.5 Å². The van der Waals surface area contributed by atoms with Gasteiger partial charge in [-0.05, 0) is 80.2 Å². The van der Waals surface area contributed by atoms with E-state index in [1.807, 2.05) is 24.3 Å². The number of hydrogen-bond donors (Lipinski definition) is 4. The number of phenolic OH excluding ortho intramolecular Hbond substituents is 2. The van der Waals surface area contributed by atoms with Gasteiger partial charge in [-0.25, -0.2) is 0 Å². The minimum atomic E-state index is -0.638. The molecule has 0 saturated carbocycles. The van der Waals surface area contributed by atoms with E-state index in [1.165, 1.54) is 0 Å². The number of hydrogen-bond acceptors (Lipinski definition) is 4. The lowest BCUT2D eigenvalue weighted by atomic mass is 9.71. The van der Waals surface area contributed by atoms with Crippen LogP contribution in [-0.4, -0.2) is 22.0 Å². The van der Waals surface area contributed by atoms with E-state index in [1.54, 1.807) is 0 Å². The van der Waals surface area contributed by atoms with Crippen molar-refractivity contribution in [3.8, 4) is 11.5 Å². The molecule has 6 heteroatoms. The van der Waals surface area contributed by atoms with Crippen LogP contribution >= 0.6 is 0 Å². The molecule has 6 N–H and O–H groups in total. The highest BCUT2D eigenvalue weighted by Crippen LogP contribution is 2.43. The maximum absolute atomic E-state index is 13.4. The van der Waals surface area contributed by atoms with Gasteiger partial charge in [0, 0.05) is 11.8 Å². The summed E-state index contributed by atoms with van der Waals surface area (Å²) in [6.07, 6.45) is 4.15. The van der Waals surface area contributed by atoms with Crippen molar-refractivity contribution in [3.05, 3.63) is 57.6 Å². The van der Waals surface area contributed by atoms with E-state index in [4.69, 9.17) is 11.5 Å². The molecule has 0 fully saturated rings. The van der Waals surface area contributed by atoms with Crippen LogP contribution in [0.3, 0.4) is 0 Å². The minimum absolute atomic E-state index is 0.283. The van der Waals surface area contributed by atoms with Gasteiger partial charge in [0.15, 0.2) is 0 Å². The Labute approximate surface area is 279 Å². The van der Waals surface area contributed by atoms with Crippen LogP contribution < -0.4 is 11.5 Å². The maximum Gasteiger partial charge on any atom is 0.221 e. The number of amides is 2. The number of benzene rings is 2. The van der Waals surface area contributed by atoms with Crippen LogP contribution in [0.4, 0.5) is 0 Å². The average molecular weight is 637 g/mol. The number of carbonyl (C=O) groups is 2. The van der Waals surface area contributed by atoms with E-state index in [-0.39, 0.29) is 39.1 Å². The third-order valence-corrected chi connectivity index (χ3v) is 9.39. The van der Waals surface area contributed by atoms with Gasteiger partial charge in [-0.1, -0.05) is 134 Å². The highest BCUT2D eigenvalue weighted by atomic mass is 16.3. The second kappa shape index (κ2) is 14.4. The summed E-state index contributed by atoms with van der Waals surface area (Å²) in [7, 11) is 0. The Bertz CT molecular complexity index is 1210. The van der Waals surface area contributed by atoms with Crippen molar-refractivity contribution in [1.82, 2.24) is 0 Å². The molecular weight excluding hydrogens is 572 g/mol. The zero-order valence-electron chi connectivity index (χ0n) is 31.1. The normalized spacial score (nSPS) is 15.0. The molecule has 0 radical (unpaired) electrons. The summed E-state index contributed by atoms with van der Waals surface area (Å²) in [6.45, 7) is 26.9. The van der Waals surface area contributed by atoms with Crippen LogP contribution in [0.1, 0.15) is 149 Å². The number of rotatable bonds is 12. The van der Waals surface area contributed by atoms with Gasteiger partial charge in [-0.15, -0.1) is 0 Å². The first-order valence-electron chi connectivity index (χ1n) is 17.1. The Hall–Kier alpha value is -3.02. The Morgan fingerprint density at radius 3 is 1.09 bits per heavy atom. The van der Waals surface area contributed by atoms with E-state index in [2.05, 4.69) is 90.0 Å². The van der Waals surface area contributed by atoms with Gasteiger partial charge in [0.1, 0.15) is 11.5 Å². The third kappa shape index (κ3) is 9.75. The molecule has 2 atom stereocenters. The van der Waals surface area contributed by atoms with Crippen molar-refractivity contribution >= 4 is 11.8 Å². The van der Waals surface area contributed by atoms with E-state index >= 15 is 0 Å². The number of primary amides is 2. The predicted octanol–water partition coefficient (Wildman–Crippen LogP) is 8.47. The number of phenols is 2. The molecule has 0 spiro atoms. The summed E-state index contributed by atoms with van der Waals surface area (Å²) < 4.78 is 0. The van der Waals surface area contributed by atoms with E-state index in [0.717, 1.165) is 52.6 Å². The number of aromatic hydroxyl groups is 2. The fraction of sp³-hybridized carbons (Fsp3) is 0.650. The molecule has 2 amide bonds. The topological polar surface area (TPSA) is 127 Å². The highest BCUT2D eigenvalue weighted by Gasteiger charge is 2.38. The fourth-order valence-electron chi connectivity index (χ4n) is 6.66. The standard InChI is InChI=1S/C40H64N2O4/c1-14-15-16-17-26(27(35(41)45)18-24-20-29(37(2,3)4)33(43)30(21-24)38(5,6)7)28(36(42)46)19-25-22-31(39(8,9)10)34(44)32(23-25)40(11,12)13/h20-23,26-28,43-44H,14-19H2,1-13H3,(H2,41,45)(H2,42,46). The van der Waals surface area contributed by atoms with E-state index in [9.17, 15) is 19.8 Å². The molecule has 2 unspecified atom stereocenters. The average Bonchev–Trinajstić information content (AvgIpc) is 2.87. The zero-order chi connectivity index (χ0) is 35.6. The van der Waals surface area contributed by atoms with Crippen molar-refractivity contribution in [2.75, 3.05) is 0 Å². The molecule has 6 nitrogen and oxygen atoms in total. The summed E-state index contributed by atoms with van der Waals surface area (Å²) >= 11 is 0. The number of nitrogens with two attached hydrogens (primary N) is 2. The molecule has 0 saturated heterocycles. The first-order chi connectivity index (χ1) is 20.8. The lowest BCUT2D eigenvalue weighted by Gasteiger charge is -2.33. The number of carbonyl (C=O) groups excluding carboxylic acids is 2. The van der Waals surface area contributed by atoms with Crippen molar-refractivity contribution in [1.29, 1.82) is 0 Å². The van der Waals surface area contributed by atoms with Crippen LogP contribution in [-0.2, 0) is 44.1 Å².